The Balaban J connectivity index is 0.000000152. The van der Waals surface area contributed by atoms with Crippen molar-refractivity contribution in [1.82, 2.24) is 34.8 Å². The largest absolute Gasteiger partial charge is 0.464 e. The van der Waals surface area contributed by atoms with Crippen LogP contribution in [0.15, 0.2) is 58.0 Å². The maximum Gasteiger partial charge on any atom is 0.311 e. The topological polar surface area (TPSA) is 119 Å². The standard InChI is InChI=1S/C13H13N7O2.C11H10O/c1-19-4-2-9(18-19)11-16-17-12(22-11)13(21)20-5-3-8-10(6-20)15-7-14-8;1-2-4-11-9(3-1)10(7-12-11)8-5-6-8/h2,4,7H,3,5-6H2,1H3,(H,14,15);1-4,7-8H,5-6H2. The number of nitrogens with zero attached hydrogens (tertiary/aromatic N) is 6. The quantitative estimate of drug-likeness (QED) is 0.439. The van der Waals surface area contributed by atoms with Crippen LogP contribution in [0.25, 0.3) is 22.6 Å². The van der Waals surface area contributed by atoms with Crippen LogP contribution in [0.2, 0.25) is 0 Å². The number of fused-ring (bicyclic) bond motifs is 2. The van der Waals surface area contributed by atoms with E-state index in [0.717, 1.165) is 22.9 Å². The normalized spacial score (nSPS) is 15.1. The molecular weight excluding hydrogens is 434 g/mol. The molecule has 5 aromatic rings. The molecule has 10 nitrogen and oxygen atoms in total. The number of carbonyl (C=O) groups is 1. The van der Waals surface area contributed by atoms with Crippen LogP contribution in [-0.2, 0) is 20.0 Å². The summed E-state index contributed by atoms with van der Waals surface area (Å²) in [6.07, 6.45) is 8.72. The van der Waals surface area contributed by atoms with Crippen LogP contribution >= 0.6 is 0 Å². The van der Waals surface area contributed by atoms with Gasteiger partial charge < -0.3 is 18.7 Å². The molecule has 1 aromatic carbocycles. The van der Waals surface area contributed by atoms with E-state index in [2.05, 4.69) is 37.4 Å². The predicted octanol–water partition coefficient (Wildman–Crippen LogP) is 3.70. The van der Waals surface area contributed by atoms with Crippen molar-refractivity contribution in [3.63, 3.8) is 0 Å². The van der Waals surface area contributed by atoms with Crippen molar-refractivity contribution in [1.29, 1.82) is 0 Å². The van der Waals surface area contributed by atoms with Crippen LogP contribution < -0.4 is 0 Å². The first-order chi connectivity index (χ1) is 16.7. The zero-order valence-electron chi connectivity index (χ0n) is 18.6. The first-order valence-electron chi connectivity index (χ1n) is 11.3. The summed E-state index contributed by atoms with van der Waals surface area (Å²) in [4.78, 5) is 21.4. The van der Waals surface area contributed by atoms with Gasteiger partial charge in [0.05, 0.1) is 30.5 Å². The van der Waals surface area contributed by atoms with Crippen LogP contribution in [0, 0.1) is 0 Å². The minimum atomic E-state index is -0.282. The minimum Gasteiger partial charge on any atom is -0.464 e. The van der Waals surface area contributed by atoms with E-state index in [0.29, 0.717) is 25.2 Å². The van der Waals surface area contributed by atoms with Crippen molar-refractivity contribution >= 4 is 16.9 Å². The van der Waals surface area contributed by atoms with Gasteiger partial charge in [-0.3, -0.25) is 9.48 Å². The zero-order valence-corrected chi connectivity index (χ0v) is 18.6. The van der Waals surface area contributed by atoms with Gasteiger partial charge in [0.1, 0.15) is 11.3 Å². The van der Waals surface area contributed by atoms with Gasteiger partial charge in [-0.05, 0) is 30.9 Å². The van der Waals surface area contributed by atoms with Gasteiger partial charge in [-0.2, -0.15) is 5.10 Å². The molecule has 5 heterocycles. The number of H-pyrrole nitrogens is 1. The van der Waals surface area contributed by atoms with Crippen LogP contribution in [-0.4, -0.2) is 47.3 Å². The second-order valence-corrected chi connectivity index (χ2v) is 8.55. The number of furan rings is 1. The van der Waals surface area contributed by atoms with E-state index in [4.69, 9.17) is 8.83 Å². The number of aromatic nitrogens is 6. The highest BCUT2D eigenvalue weighted by molar-refractivity contribution is 5.89. The number of nitrogens with one attached hydrogen (secondary N) is 1. The molecule has 2 aliphatic rings. The van der Waals surface area contributed by atoms with E-state index in [1.807, 2.05) is 18.4 Å². The smallest absolute Gasteiger partial charge is 0.311 e. The Morgan fingerprint density at radius 1 is 1.18 bits per heavy atom. The molecule has 0 atom stereocenters. The van der Waals surface area contributed by atoms with Crippen LogP contribution in [0.4, 0.5) is 0 Å². The van der Waals surface area contributed by atoms with E-state index in [1.165, 1.54) is 23.8 Å². The molecular formula is C24H23N7O3. The van der Waals surface area contributed by atoms with Gasteiger partial charge in [0.15, 0.2) is 0 Å². The highest BCUT2D eigenvalue weighted by Crippen LogP contribution is 2.43. The molecule has 0 unspecified atom stereocenters. The SMILES string of the molecule is Cn1ccc(-c2nnc(C(=O)N3CCc4nc[nH]c4C3)o2)n1.c1ccc2c(C3CC3)coc2c1. The summed E-state index contributed by atoms with van der Waals surface area (Å²) >= 11 is 0. The number of aryl methyl sites for hydroxylation is 1. The third-order valence-electron chi connectivity index (χ3n) is 6.13. The summed E-state index contributed by atoms with van der Waals surface area (Å²) in [5.74, 6) is 0.718. The number of hydrogen-bond acceptors (Lipinski definition) is 7. The molecule has 1 amide bonds. The Morgan fingerprint density at radius 2 is 2.06 bits per heavy atom. The predicted molar refractivity (Wildman–Crippen MR) is 122 cm³/mol. The number of amides is 1. The molecule has 34 heavy (non-hydrogen) atoms. The molecule has 0 spiro atoms. The van der Waals surface area contributed by atoms with Crippen molar-refractivity contribution in [2.24, 2.45) is 7.05 Å². The molecule has 1 N–H and O–H groups in total. The van der Waals surface area contributed by atoms with E-state index in [-0.39, 0.29) is 17.7 Å². The molecule has 1 aliphatic carbocycles. The zero-order chi connectivity index (χ0) is 23.1. The summed E-state index contributed by atoms with van der Waals surface area (Å²) in [7, 11) is 1.79. The van der Waals surface area contributed by atoms with Gasteiger partial charge >= 0.3 is 11.8 Å². The maximum atomic E-state index is 12.5. The van der Waals surface area contributed by atoms with Crippen LogP contribution in [0.1, 0.15) is 46.4 Å². The van der Waals surface area contributed by atoms with E-state index in [1.54, 1.807) is 35.2 Å². The van der Waals surface area contributed by atoms with Crippen molar-refractivity contribution in [2.45, 2.75) is 31.7 Å². The number of hydrogen-bond donors (Lipinski definition) is 1. The fourth-order valence-corrected chi connectivity index (χ4v) is 4.17. The number of carbonyl (C=O) groups excluding carboxylic acids is 1. The fourth-order valence-electron chi connectivity index (χ4n) is 4.17. The van der Waals surface area contributed by atoms with Gasteiger partial charge in [0.2, 0.25) is 0 Å². The molecule has 4 aromatic heterocycles. The summed E-state index contributed by atoms with van der Waals surface area (Å²) in [5.41, 5.74) is 4.93. The molecule has 0 radical (unpaired) electrons. The number of benzene rings is 1. The van der Waals surface area contributed by atoms with E-state index < -0.39 is 0 Å². The first-order valence-corrected chi connectivity index (χ1v) is 11.3. The molecule has 1 aliphatic heterocycles. The minimum absolute atomic E-state index is 0.0244. The first kappa shape index (κ1) is 20.4. The average Bonchev–Trinajstić information content (AvgIpc) is 3.30. The van der Waals surface area contributed by atoms with Crippen LogP contribution in [0.5, 0.6) is 0 Å². The summed E-state index contributed by atoms with van der Waals surface area (Å²) in [6.45, 7) is 1.05. The Morgan fingerprint density at radius 3 is 2.88 bits per heavy atom. The lowest BCUT2D eigenvalue weighted by atomic mass is 10.1. The number of rotatable bonds is 3. The lowest BCUT2D eigenvalue weighted by Gasteiger charge is -2.24. The fraction of sp³-hybridized carbons (Fsp3) is 0.292. The average molecular weight is 457 g/mol. The monoisotopic (exact) mass is 457 g/mol. The second-order valence-electron chi connectivity index (χ2n) is 8.55. The van der Waals surface area contributed by atoms with Crippen molar-refractivity contribution in [2.75, 3.05) is 6.54 Å². The lowest BCUT2D eigenvalue weighted by molar-refractivity contribution is 0.0692. The maximum absolute atomic E-state index is 12.5. The number of imidazole rings is 1. The summed E-state index contributed by atoms with van der Waals surface area (Å²) in [5, 5.41) is 13.2. The van der Waals surface area contributed by atoms with Crippen LogP contribution in [0.3, 0.4) is 0 Å². The van der Waals surface area contributed by atoms with Gasteiger partial charge in [-0.25, -0.2) is 4.98 Å². The number of aromatic amines is 1. The van der Waals surface area contributed by atoms with Crippen molar-refractivity contribution in [3.8, 4) is 11.6 Å². The molecule has 7 rings (SSSR count). The second kappa shape index (κ2) is 8.29. The van der Waals surface area contributed by atoms with Gasteiger partial charge in [0.25, 0.3) is 5.89 Å². The Kier molecular flexibility index (Phi) is 4.97. The Bertz CT molecular complexity index is 1460. The van der Waals surface area contributed by atoms with Gasteiger partial charge in [-0.1, -0.05) is 18.2 Å². The lowest BCUT2D eigenvalue weighted by Crippen LogP contribution is -2.36. The highest BCUT2D eigenvalue weighted by atomic mass is 16.4. The van der Waals surface area contributed by atoms with Gasteiger partial charge in [0, 0.05) is 37.2 Å². The Hall–Kier alpha value is -4.21. The molecule has 1 fully saturated rings. The molecule has 10 heteroatoms. The molecule has 1 saturated carbocycles. The van der Waals surface area contributed by atoms with E-state index in [9.17, 15) is 4.79 Å². The summed E-state index contributed by atoms with van der Waals surface area (Å²) < 4.78 is 12.5. The molecule has 172 valence electrons. The molecule has 0 bridgehead atoms. The molecule has 0 saturated heterocycles. The Labute approximate surface area is 194 Å². The summed E-state index contributed by atoms with van der Waals surface area (Å²) in [6, 6.07) is 10.0. The number of para-hydroxylation sites is 1. The highest BCUT2D eigenvalue weighted by Gasteiger charge is 2.28. The van der Waals surface area contributed by atoms with Crippen molar-refractivity contribution in [3.05, 3.63) is 72.0 Å². The van der Waals surface area contributed by atoms with E-state index >= 15 is 0 Å². The third kappa shape index (κ3) is 3.87. The van der Waals surface area contributed by atoms with Gasteiger partial charge in [-0.15, -0.1) is 10.2 Å². The van der Waals surface area contributed by atoms with Crippen molar-refractivity contribution < 1.29 is 13.6 Å². The third-order valence-corrected chi connectivity index (χ3v) is 6.13.